The van der Waals surface area contributed by atoms with E-state index in [-0.39, 0.29) is 42.6 Å². The number of nitrogens with one attached hydrogen (secondary N) is 1. The molecule has 1 saturated heterocycles. The van der Waals surface area contributed by atoms with Crippen molar-refractivity contribution >= 4 is 24.6 Å². The normalized spacial score (nSPS) is 21.3. The van der Waals surface area contributed by atoms with Gasteiger partial charge in [0.05, 0.1) is 23.4 Å². The van der Waals surface area contributed by atoms with E-state index in [9.17, 15) is 4.79 Å². The second kappa shape index (κ2) is 10.9. The molecular weight excluding hydrogens is 429 g/mol. The lowest BCUT2D eigenvalue weighted by Gasteiger charge is -2.32. The first kappa shape index (κ1) is 26.9. The van der Waals surface area contributed by atoms with Crippen LogP contribution in [0.3, 0.4) is 0 Å². The molecule has 1 atom stereocenters. The summed E-state index contributed by atoms with van der Waals surface area (Å²) in [5.74, 6) is -0.226. The summed E-state index contributed by atoms with van der Waals surface area (Å²) in [4.78, 5) is 12.7. The molecule has 6 nitrogen and oxygen atoms in total. The maximum absolute atomic E-state index is 12.7. The third-order valence-corrected chi connectivity index (χ3v) is 6.81. The van der Waals surface area contributed by atoms with Crippen LogP contribution in [-0.2, 0) is 23.6 Å². The Labute approximate surface area is 205 Å². The summed E-state index contributed by atoms with van der Waals surface area (Å²) in [5, 5.41) is 3.28. The average Bonchev–Trinajstić information content (AvgIpc) is 3.32. The summed E-state index contributed by atoms with van der Waals surface area (Å²) < 4.78 is 23.8. The van der Waals surface area contributed by atoms with Crippen LogP contribution in [0.4, 0.5) is 0 Å². The Hall–Kier alpha value is -1.67. The third-order valence-electron chi connectivity index (χ3n) is 6.81. The van der Waals surface area contributed by atoms with E-state index in [2.05, 4.69) is 33.0 Å². The van der Waals surface area contributed by atoms with E-state index < -0.39 is 6.04 Å². The van der Waals surface area contributed by atoms with E-state index in [0.29, 0.717) is 6.54 Å². The number of carbonyl (C=O) groups excluding carboxylic acids is 1. The van der Waals surface area contributed by atoms with E-state index in [1.807, 2.05) is 57.2 Å². The molecule has 1 heterocycles. The quantitative estimate of drug-likeness (QED) is 0.429. The van der Waals surface area contributed by atoms with Gasteiger partial charge in [0, 0.05) is 6.54 Å². The van der Waals surface area contributed by atoms with Crippen LogP contribution < -0.4 is 10.8 Å². The second-order valence-corrected chi connectivity index (χ2v) is 11.4. The van der Waals surface area contributed by atoms with Gasteiger partial charge in [-0.1, -0.05) is 36.4 Å². The molecule has 34 heavy (non-hydrogen) atoms. The zero-order chi connectivity index (χ0) is 25.0. The van der Waals surface area contributed by atoms with Crippen molar-refractivity contribution in [2.24, 2.45) is 0 Å². The molecule has 1 saturated carbocycles. The fourth-order valence-corrected chi connectivity index (χ4v) is 3.94. The maximum atomic E-state index is 12.7. The van der Waals surface area contributed by atoms with Crippen molar-refractivity contribution < 1.29 is 23.6 Å². The first-order valence-corrected chi connectivity index (χ1v) is 12.6. The van der Waals surface area contributed by atoms with Gasteiger partial charge in [0.1, 0.15) is 12.1 Å². The molecule has 2 fully saturated rings. The molecule has 188 valence electrons. The van der Waals surface area contributed by atoms with Gasteiger partial charge in [-0.3, -0.25) is 10.1 Å². The molecule has 0 amide bonds. The molecule has 0 radical (unpaired) electrons. The molecule has 0 bridgehead atoms. The monoisotopic (exact) mass is 471 g/mol. The Kier molecular flexibility index (Phi) is 8.67. The zero-order valence-electron chi connectivity index (χ0n) is 22.0. The summed E-state index contributed by atoms with van der Waals surface area (Å²) in [6, 6.07) is 7.68. The van der Waals surface area contributed by atoms with Crippen LogP contribution >= 0.6 is 0 Å². The SMILES string of the molecule is CC(C)(C)OC[C@H](NC/C=C/c1ccc(B2OC(C)(C)C(C)(C)O2)cc1)C(=O)OC1CCCC1. The molecule has 0 spiro atoms. The highest BCUT2D eigenvalue weighted by atomic mass is 16.7. The predicted octanol–water partition coefficient (Wildman–Crippen LogP) is 4.26. The summed E-state index contributed by atoms with van der Waals surface area (Å²) >= 11 is 0. The number of ether oxygens (including phenoxy) is 2. The highest BCUT2D eigenvalue weighted by molar-refractivity contribution is 6.62. The molecule has 1 aromatic carbocycles. The Morgan fingerprint density at radius 2 is 1.71 bits per heavy atom. The fourth-order valence-electron chi connectivity index (χ4n) is 3.94. The number of esters is 1. The Bertz CT molecular complexity index is 822. The largest absolute Gasteiger partial charge is 0.494 e. The van der Waals surface area contributed by atoms with Gasteiger partial charge in [-0.05, 0) is 85.2 Å². The van der Waals surface area contributed by atoms with Crippen molar-refractivity contribution in [2.75, 3.05) is 13.2 Å². The van der Waals surface area contributed by atoms with Crippen LogP contribution in [0.15, 0.2) is 30.3 Å². The van der Waals surface area contributed by atoms with E-state index in [0.717, 1.165) is 36.7 Å². The van der Waals surface area contributed by atoms with Crippen molar-refractivity contribution in [3.05, 3.63) is 35.9 Å². The van der Waals surface area contributed by atoms with Crippen molar-refractivity contribution in [1.82, 2.24) is 5.32 Å². The van der Waals surface area contributed by atoms with Gasteiger partial charge in [0.15, 0.2) is 0 Å². The number of hydrogen-bond acceptors (Lipinski definition) is 6. The molecule has 3 rings (SSSR count). The van der Waals surface area contributed by atoms with Crippen LogP contribution in [0.25, 0.3) is 6.08 Å². The van der Waals surface area contributed by atoms with Gasteiger partial charge >= 0.3 is 13.1 Å². The molecule has 0 unspecified atom stereocenters. The highest BCUT2D eigenvalue weighted by Crippen LogP contribution is 2.36. The van der Waals surface area contributed by atoms with Gasteiger partial charge in [0.25, 0.3) is 0 Å². The van der Waals surface area contributed by atoms with Crippen molar-refractivity contribution in [2.45, 2.75) is 103 Å². The van der Waals surface area contributed by atoms with E-state index in [1.165, 1.54) is 0 Å². The lowest BCUT2D eigenvalue weighted by Crippen LogP contribution is -2.44. The van der Waals surface area contributed by atoms with Crippen molar-refractivity contribution in [1.29, 1.82) is 0 Å². The number of carbonyl (C=O) groups is 1. The third kappa shape index (κ3) is 7.41. The lowest BCUT2D eigenvalue weighted by molar-refractivity contribution is -0.154. The minimum atomic E-state index is -0.491. The predicted molar refractivity (Wildman–Crippen MR) is 137 cm³/mol. The zero-order valence-corrected chi connectivity index (χ0v) is 22.0. The van der Waals surface area contributed by atoms with Gasteiger partial charge in [-0.25, -0.2) is 0 Å². The summed E-state index contributed by atoms with van der Waals surface area (Å²) in [7, 11) is -0.362. The minimum absolute atomic E-state index is 0.0458. The molecule has 0 aromatic heterocycles. The van der Waals surface area contributed by atoms with Crippen LogP contribution in [0.2, 0.25) is 0 Å². The van der Waals surface area contributed by atoms with Gasteiger partial charge < -0.3 is 18.8 Å². The van der Waals surface area contributed by atoms with Crippen molar-refractivity contribution in [3.63, 3.8) is 0 Å². The minimum Gasteiger partial charge on any atom is -0.461 e. The second-order valence-electron chi connectivity index (χ2n) is 11.4. The number of rotatable bonds is 9. The van der Waals surface area contributed by atoms with E-state index in [1.54, 1.807) is 0 Å². The summed E-state index contributed by atoms with van der Waals surface area (Å²) in [6.45, 7) is 15.0. The standard InChI is InChI=1S/C27H42BNO5/c1-25(2,3)31-19-23(24(30)32-22-12-8-9-13-22)29-18-10-11-20-14-16-21(17-15-20)28-33-26(4,5)27(6,7)34-28/h10-11,14-17,22-23,29H,8-9,12-13,18-19H2,1-7H3/b11-10+/t23-/m0/s1. The molecule has 1 aliphatic heterocycles. The summed E-state index contributed by atoms with van der Waals surface area (Å²) in [5.41, 5.74) is 1.05. The Morgan fingerprint density at radius 1 is 1.12 bits per heavy atom. The van der Waals surface area contributed by atoms with E-state index in [4.69, 9.17) is 18.8 Å². The Balaban J connectivity index is 1.53. The molecule has 7 heteroatoms. The Morgan fingerprint density at radius 3 is 2.26 bits per heavy atom. The number of benzene rings is 1. The first-order valence-electron chi connectivity index (χ1n) is 12.6. The average molecular weight is 471 g/mol. The molecule has 1 N–H and O–H groups in total. The van der Waals surface area contributed by atoms with Crippen LogP contribution in [-0.4, -0.2) is 55.2 Å². The smallest absolute Gasteiger partial charge is 0.461 e. The molecule has 1 aliphatic carbocycles. The van der Waals surface area contributed by atoms with Gasteiger partial charge in [-0.15, -0.1) is 0 Å². The molecular formula is C27H42BNO5. The summed E-state index contributed by atoms with van der Waals surface area (Å²) in [6.07, 6.45) is 8.27. The van der Waals surface area contributed by atoms with Crippen LogP contribution in [0.5, 0.6) is 0 Å². The molecule has 1 aromatic rings. The van der Waals surface area contributed by atoms with Crippen LogP contribution in [0, 0.1) is 0 Å². The topological polar surface area (TPSA) is 66.0 Å². The lowest BCUT2D eigenvalue weighted by atomic mass is 9.79. The fraction of sp³-hybridized carbons (Fsp3) is 0.667. The number of hydrogen-bond donors (Lipinski definition) is 1. The highest BCUT2D eigenvalue weighted by Gasteiger charge is 2.51. The van der Waals surface area contributed by atoms with E-state index >= 15 is 0 Å². The van der Waals surface area contributed by atoms with Crippen molar-refractivity contribution in [3.8, 4) is 0 Å². The molecule has 2 aliphatic rings. The van der Waals surface area contributed by atoms with Gasteiger partial charge in [0.2, 0.25) is 0 Å². The van der Waals surface area contributed by atoms with Gasteiger partial charge in [-0.2, -0.15) is 0 Å². The first-order chi connectivity index (χ1) is 15.9. The van der Waals surface area contributed by atoms with Crippen LogP contribution in [0.1, 0.15) is 79.7 Å². The maximum Gasteiger partial charge on any atom is 0.494 e.